The lowest BCUT2D eigenvalue weighted by atomic mass is 9.81. The van der Waals surface area contributed by atoms with E-state index >= 15 is 0 Å². The molecule has 544 valence electrons. The van der Waals surface area contributed by atoms with Crippen LogP contribution in [0.5, 0.6) is 0 Å². The van der Waals surface area contributed by atoms with E-state index in [0.717, 1.165) is 83.4 Å². The molecule has 2 heterocycles. The van der Waals surface area contributed by atoms with E-state index in [1.54, 1.807) is 0 Å². The molecule has 23 rings (SSSR count). The van der Waals surface area contributed by atoms with Gasteiger partial charge in [0.15, 0.2) is 0 Å². The number of rotatable bonds is 9. The Kier molecular flexibility index (Phi) is 15.9. The van der Waals surface area contributed by atoms with E-state index in [4.69, 9.17) is 19.9 Å². The lowest BCUT2D eigenvalue weighted by Crippen LogP contribution is -2.14. The molecule has 0 bridgehead atoms. The van der Waals surface area contributed by atoms with Gasteiger partial charge in [0, 0.05) is 33.1 Å². The zero-order valence-corrected chi connectivity index (χ0v) is 64.7. The summed E-state index contributed by atoms with van der Waals surface area (Å²) in [5, 5.41) is 14.5. The third-order valence-electron chi connectivity index (χ3n) is 24.9. The zero-order chi connectivity index (χ0) is 77.3. The van der Waals surface area contributed by atoms with Crippen LogP contribution in [0.3, 0.4) is 0 Å². The van der Waals surface area contributed by atoms with Crippen LogP contribution in [0.4, 0.5) is 0 Å². The van der Waals surface area contributed by atoms with Gasteiger partial charge in [-0.15, -0.1) is 0 Å². The van der Waals surface area contributed by atoms with Crippen molar-refractivity contribution in [1.29, 1.82) is 0 Å². The second-order valence-corrected chi connectivity index (χ2v) is 32.2. The Morgan fingerprint density at radius 1 is 0.164 bits per heavy atom. The van der Waals surface area contributed by atoms with Gasteiger partial charge >= 0.3 is 0 Å². The van der Waals surface area contributed by atoms with Crippen LogP contribution in [-0.2, 0) is 10.8 Å². The molecule has 2 aromatic heterocycles. The average Bonchev–Trinajstić information content (AvgIpc) is 1.30. The van der Waals surface area contributed by atoms with Crippen molar-refractivity contribution in [3.8, 4) is 123 Å². The summed E-state index contributed by atoms with van der Waals surface area (Å²) in [7, 11) is 0. The normalized spacial score (nSPS) is 13.0. The average molecular weight is 1480 g/mol. The van der Waals surface area contributed by atoms with Gasteiger partial charge in [0.2, 0.25) is 0 Å². The molecule has 4 heteroatoms. The third-order valence-corrected chi connectivity index (χ3v) is 24.9. The first-order chi connectivity index (χ1) is 57.1. The van der Waals surface area contributed by atoms with Crippen molar-refractivity contribution in [1.82, 2.24) is 19.9 Å². The monoisotopic (exact) mass is 1480 g/mol. The number of hydrogen-bond acceptors (Lipinski definition) is 4. The molecule has 0 spiro atoms. The van der Waals surface area contributed by atoms with E-state index in [0.29, 0.717) is 0 Å². The van der Waals surface area contributed by atoms with E-state index < -0.39 is 0 Å². The molecular weight excluding hydrogens is 1400 g/mol. The van der Waals surface area contributed by atoms with Crippen LogP contribution in [0.15, 0.2) is 388 Å². The first kappa shape index (κ1) is 68.2. The van der Waals surface area contributed by atoms with Crippen molar-refractivity contribution in [3.05, 3.63) is 411 Å². The summed E-state index contributed by atoms with van der Waals surface area (Å²) in [6.45, 7) is 9.41. The van der Waals surface area contributed by atoms with Crippen molar-refractivity contribution < 1.29 is 0 Å². The number of benzene rings is 19. The third kappa shape index (κ3) is 11.0. The molecule has 0 N–H and O–H groups in total. The predicted octanol–water partition coefficient (Wildman–Crippen LogP) is 29.8. The van der Waals surface area contributed by atoms with Gasteiger partial charge in [0.1, 0.15) is 0 Å². The Labute approximate surface area is 674 Å². The van der Waals surface area contributed by atoms with Crippen LogP contribution >= 0.6 is 0 Å². The molecule has 2 aliphatic rings. The SMILES string of the molecule is CC1(C)c2ccccc2-c2cc(-c3c4ccccc4c(-c4ccc5nc(-c6ccccc6)c(-c6ccccc6)nc5c4)c4ccc(-c5cccc6ccccc56)cc34)ccc21.CC1(C)c2ccccc2-c2cc(-c3c4ccccc4c(-c4nc5ccccc5nc4-c4ccccc4)c4ccc(-c5cccc6ccccc56)cc34)ccc21. The second kappa shape index (κ2) is 27.1. The van der Waals surface area contributed by atoms with Gasteiger partial charge in [-0.1, -0.05) is 367 Å². The Morgan fingerprint density at radius 3 is 0.940 bits per heavy atom. The number of hydrogen-bond donors (Lipinski definition) is 0. The number of fused-ring (bicyclic) bond motifs is 14. The fourth-order valence-corrected chi connectivity index (χ4v) is 19.4. The van der Waals surface area contributed by atoms with E-state index in [-0.39, 0.29) is 10.8 Å². The Morgan fingerprint density at radius 2 is 0.466 bits per heavy atom. The molecule has 0 fully saturated rings. The number of aromatic nitrogens is 4. The molecule has 4 nitrogen and oxygen atoms in total. The Balaban J connectivity index is 0.000000141. The molecule has 116 heavy (non-hydrogen) atoms. The van der Waals surface area contributed by atoms with Crippen LogP contribution in [0.2, 0.25) is 0 Å². The summed E-state index contributed by atoms with van der Waals surface area (Å²) in [5.41, 5.74) is 34.0. The fraction of sp³-hybridized carbons (Fsp3) is 0.0536. The summed E-state index contributed by atoms with van der Waals surface area (Å²) < 4.78 is 0. The fourth-order valence-electron chi connectivity index (χ4n) is 19.4. The van der Waals surface area contributed by atoms with E-state index in [9.17, 15) is 0 Å². The Hall–Kier alpha value is -14.6. The molecule has 0 saturated heterocycles. The van der Waals surface area contributed by atoms with Gasteiger partial charge in [0.25, 0.3) is 0 Å². The molecule has 21 aromatic rings. The van der Waals surface area contributed by atoms with Gasteiger partial charge in [-0.2, -0.15) is 0 Å². The van der Waals surface area contributed by atoms with E-state index in [1.807, 2.05) is 24.3 Å². The van der Waals surface area contributed by atoms with Crippen LogP contribution < -0.4 is 0 Å². The lowest BCUT2D eigenvalue weighted by Gasteiger charge is -2.22. The smallest absolute Gasteiger partial charge is 0.0985 e. The topological polar surface area (TPSA) is 51.6 Å². The summed E-state index contributed by atoms with van der Waals surface area (Å²) in [6, 6.07) is 141. The minimum absolute atomic E-state index is 0.0669. The van der Waals surface area contributed by atoms with Crippen molar-refractivity contribution in [2.24, 2.45) is 0 Å². The van der Waals surface area contributed by atoms with E-state index in [2.05, 4.69) is 392 Å². The summed E-state index contributed by atoms with van der Waals surface area (Å²) >= 11 is 0. The van der Waals surface area contributed by atoms with Gasteiger partial charge in [-0.25, -0.2) is 19.9 Å². The first-order valence-electron chi connectivity index (χ1n) is 40.2. The highest BCUT2D eigenvalue weighted by Crippen LogP contribution is 2.55. The molecule has 0 saturated carbocycles. The first-order valence-corrected chi connectivity index (χ1v) is 40.2. The minimum Gasteiger partial charge on any atom is -0.244 e. The summed E-state index contributed by atoms with van der Waals surface area (Å²) in [6.07, 6.45) is 0. The highest BCUT2D eigenvalue weighted by molar-refractivity contribution is 6.25. The summed E-state index contributed by atoms with van der Waals surface area (Å²) in [4.78, 5) is 21.5. The zero-order valence-electron chi connectivity index (χ0n) is 64.7. The molecule has 19 aromatic carbocycles. The highest BCUT2D eigenvalue weighted by atomic mass is 14.8. The van der Waals surface area contributed by atoms with E-state index in [1.165, 1.54) is 148 Å². The highest BCUT2D eigenvalue weighted by Gasteiger charge is 2.38. The number of nitrogens with zero attached hydrogens (tertiary/aromatic N) is 4. The maximum absolute atomic E-state index is 5.47. The summed E-state index contributed by atoms with van der Waals surface area (Å²) in [5.74, 6) is 0. The molecule has 0 aliphatic heterocycles. The van der Waals surface area contributed by atoms with Crippen LogP contribution in [0.1, 0.15) is 49.9 Å². The van der Waals surface area contributed by atoms with Crippen LogP contribution in [0, 0.1) is 0 Å². The minimum atomic E-state index is -0.0683. The van der Waals surface area contributed by atoms with Crippen molar-refractivity contribution in [2.75, 3.05) is 0 Å². The lowest BCUT2D eigenvalue weighted by molar-refractivity contribution is 0.660. The molecule has 0 radical (unpaired) electrons. The van der Waals surface area contributed by atoms with Crippen molar-refractivity contribution >= 4 is 86.7 Å². The van der Waals surface area contributed by atoms with Crippen LogP contribution in [0.25, 0.3) is 210 Å². The van der Waals surface area contributed by atoms with Crippen molar-refractivity contribution in [2.45, 2.75) is 38.5 Å². The molecular formula is C112H76N4. The molecule has 0 atom stereocenters. The maximum Gasteiger partial charge on any atom is 0.0985 e. The molecule has 0 unspecified atom stereocenters. The van der Waals surface area contributed by atoms with Gasteiger partial charge < -0.3 is 0 Å². The van der Waals surface area contributed by atoms with Gasteiger partial charge in [0.05, 0.1) is 44.8 Å². The standard InChI is InChI=1S/C59H40N2.C53H36N2/c1-59(2)51-27-14-13-23-45(51)49-35-41(29-32-52(49)59)56-47-25-12-11-24-46(47)55(48-31-28-40(34-50(48)56)44-26-15-21-37-16-9-10-22-43(37)44)42-30-33-53-54(36-42)61-58(39-19-7-4-8-20-39)57(60-53)38-17-5-3-6-18-38;1-53(2)45-24-11-10-20-39(45)43-32-36(28-30-46(43)53)49-40-21-8-9-22-41(40)50(52-51(34-16-4-3-5-17-34)54-47-25-12-13-26-48(47)55-52)42-29-27-35(31-44(42)49)38-23-14-18-33-15-6-7-19-37(33)38/h3-36H,1-2H3;3-32H,1-2H3. The predicted molar refractivity (Wildman–Crippen MR) is 488 cm³/mol. The van der Waals surface area contributed by atoms with Crippen LogP contribution in [-0.4, -0.2) is 19.9 Å². The van der Waals surface area contributed by atoms with Gasteiger partial charge in [-0.3, -0.25) is 0 Å². The van der Waals surface area contributed by atoms with Gasteiger partial charge in [-0.05, 0) is 213 Å². The Bertz CT molecular complexity index is 7620. The maximum atomic E-state index is 5.47. The second-order valence-electron chi connectivity index (χ2n) is 32.2. The molecule has 0 amide bonds. The molecule has 2 aliphatic carbocycles. The number of para-hydroxylation sites is 2. The quantitative estimate of drug-likeness (QED) is 0.135. The largest absolute Gasteiger partial charge is 0.244 e. The van der Waals surface area contributed by atoms with Crippen molar-refractivity contribution in [3.63, 3.8) is 0 Å².